The maximum absolute atomic E-state index is 6.96. The summed E-state index contributed by atoms with van der Waals surface area (Å²) in [6.45, 7) is 2.95. The number of ether oxygens (including phenoxy) is 2. The van der Waals surface area contributed by atoms with Crippen molar-refractivity contribution in [1.82, 2.24) is 9.80 Å². The SMILES string of the molecule is CN1CC23c4c5c6c7c8c9c%10c6c6c%11c%12c%13c%14c%15c%16c%17c9c9c%18c8c(c8c%19c2c2c4c4c(c56)c%12c5c4c4c2c2c%19c6c8c%18c8c9c%16c9c%15c%12c%13c5c5c%12c%12c9c8c6c%12c2c45)C73[C@@H]1c1ccc(cc1)OCc1ccccc1COc1ccc(cc1)[C@H]1N(C)CC%11%14C%10%171. The Hall–Kier alpha value is -10.1. The van der Waals surface area contributed by atoms with Crippen molar-refractivity contribution in [2.24, 2.45) is 0 Å². The van der Waals surface area contributed by atoms with Crippen molar-refractivity contribution in [3.63, 3.8) is 0 Å². The largest absolute Gasteiger partial charge is 0.489 e. The predicted molar refractivity (Wildman–Crippen MR) is 366 cm³/mol. The van der Waals surface area contributed by atoms with Crippen molar-refractivity contribution in [1.29, 1.82) is 0 Å². The molecule has 0 N–H and O–H groups in total. The van der Waals surface area contributed by atoms with Crippen LogP contribution in [0.2, 0.25) is 0 Å². The lowest BCUT2D eigenvalue weighted by Gasteiger charge is -2.53. The normalized spacial score (nSPS) is 27.1. The fraction of sp³-hybridized carbons (Fsp3) is 0.140. The van der Waals surface area contributed by atoms with Crippen molar-refractivity contribution < 1.29 is 9.47 Å². The lowest BCUT2D eigenvalue weighted by molar-refractivity contribution is 0.268. The Morgan fingerprint density at radius 2 is 0.456 bits per heavy atom. The highest BCUT2D eigenvalue weighted by Crippen LogP contribution is 2.90. The van der Waals surface area contributed by atoms with E-state index in [9.17, 15) is 0 Å². The zero-order valence-electron chi connectivity index (χ0n) is 47.6. The third-order valence-corrected chi connectivity index (χ3v) is 31.6. The number of likely N-dealkylation sites (tertiary alicyclic amines) is 2. The van der Waals surface area contributed by atoms with Crippen LogP contribution in [0.3, 0.4) is 0 Å². The van der Waals surface area contributed by atoms with E-state index in [0.29, 0.717) is 13.2 Å². The van der Waals surface area contributed by atoms with Gasteiger partial charge in [0.25, 0.3) is 0 Å². The number of likely N-dealkylation sites (N-methyl/N-ethyl adjacent to an activating group) is 2. The first-order valence-corrected chi connectivity index (χ1v) is 33.6. The Morgan fingerprint density at radius 1 is 0.256 bits per heavy atom. The van der Waals surface area contributed by atoms with Crippen LogP contribution in [0, 0.1) is 0 Å². The standard InChI is InChI=1S/C86H28N2O2/c1-87-17-83-73-57-46-35-28-29-33-26-25-30-27-31(26)42-51-40(33)47-36(29)38-37(35)48-45-49(38)60-58(47)74-62(51)66-53(42)44-34(27)43-52-41(30)50(39(46)32(25)28)61(73)65(52)77-67-54(43)55(44)68-72-71(67)79-69-63(75(83)59(48)57)56(45)64-70(69)80(72)86(78(66)68)82(88(2)18-84(74,86)76(60)64)20-9-13-24(14-10-20)90-16-22-6-4-3-5-21(22)15-89-23-11-7-19(8-12-23)81(87)85(77,79)83/h3-14,81-82H,15-18H2,1-2H3/t81-,82+,83?,84?,85?,86?. The van der Waals surface area contributed by atoms with Crippen molar-refractivity contribution >= 4 is 259 Å². The molecular formula is C86H28N2O2. The summed E-state index contributed by atoms with van der Waals surface area (Å²) in [5.41, 5.74) is 17.7. The minimum Gasteiger partial charge on any atom is -0.489 e. The van der Waals surface area contributed by atoms with Crippen LogP contribution in [0.1, 0.15) is 78.8 Å². The Bertz CT molecular complexity index is 8120. The molecule has 12 bridgehead atoms. The zero-order valence-corrected chi connectivity index (χ0v) is 47.6. The molecule has 394 valence electrons. The third-order valence-electron chi connectivity index (χ3n) is 31.6. The van der Waals surface area contributed by atoms with Crippen LogP contribution in [-0.4, -0.2) is 37.0 Å². The lowest BCUT2D eigenvalue weighted by atomic mass is 9.46. The van der Waals surface area contributed by atoms with E-state index in [2.05, 4.69) is 96.7 Å². The predicted octanol–water partition coefficient (Wildman–Crippen LogP) is 19.7. The number of rotatable bonds is 0. The molecule has 0 amide bonds. The first kappa shape index (κ1) is 37.0. The van der Waals surface area contributed by atoms with E-state index in [1.165, 1.54) is 22.3 Å². The molecule has 6 atom stereocenters. The van der Waals surface area contributed by atoms with Gasteiger partial charge in [-0.2, -0.15) is 0 Å². The molecule has 0 saturated carbocycles. The number of hydrogen-bond donors (Lipinski definition) is 0. The second-order valence-electron chi connectivity index (χ2n) is 32.5. The van der Waals surface area contributed by atoms with E-state index in [1.807, 2.05) is 0 Å². The van der Waals surface area contributed by atoms with Gasteiger partial charge in [-0.05, 0) is 364 Å². The molecule has 8 heterocycles. The molecular weight excluding hydrogens is 1090 g/mol. The molecule has 4 heteroatoms. The summed E-state index contributed by atoms with van der Waals surface area (Å²) in [7, 11) is 5.17. The maximum atomic E-state index is 6.96. The first-order valence-electron chi connectivity index (χ1n) is 33.6. The topological polar surface area (TPSA) is 24.9 Å². The Balaban J connectivity index is 0.943. The van der Waals surface area contributed by atoms with Gasteiger partial charge in [-0.15, -0.1) is 0 Å². The molecule has 43 rings (SSSR count). The van der Waals surface area contributed by atoms with Gasteiger partial charge in [0, 0.05) is 25.2 Å². The molecule has 27 aromatic carbocycles. The van der Waals surface area contributed by atoms with E-state index in [-0.39, 0.29) is 22.9 Å². The van der Waals surface area contributed by atoms with E-state index >= 15 is 0 Å². The van der Waals surface area contributed by atoms with Gasteiger partial charge in [-0.3, -0.25) is 9.80 Å². The van der Waals surface area contributed by atoms with Gasteiger partial charge in [0.15, 0.2) is 0 Å². The van der Waals surface area contributed by atoms with Crippen LogP contribution in [0.15, 0.2) is 72.8 Å². The smallest absolute Gasteiger partial charge is 0.119 e. The number of hydrogen-bond acceptors (Lipinski definition) is 4. The Morgan fingerprint density at radius 3 is 0.700 bits per heavy atom. The zero-order chi connectivity index (χ0) is 54.8. The van der Waals surface area contributed by atoms with Gasteiger partial charge in [0.1, 0.15) is 24.7 Å². The molecule has 27 aromatic rings. The molecule has 90 heavy (non-hydrogen) atoms. The van der Waals surface area contributed by atoms with E-state index in [0.717, 1.165) is 24.6 Å². The van der Waals surface area contributed by atoms with Crippen LogP contribution in [-0.2, 0) is 34.9 Å². The first-order chi connectivity index (χ1) is 44.6. The molecule has 8 aliphatic carbocycles. The summed E-state index contributed by atoms with van der Waals surface area (Å²) in [5.74, 6) is 1.85. The van der Waals surface area contributed by atoms with Crippen molar-refractivity contribution in [2.45, 2.75) is 47.0 Å². The highest BCUT2D eigenvalue weighted by atomic mass is 16.5. The summed E-state index contributed by atoms with van der Waals surface area (Å²) in [6, 6.07) is 28.5. The fourth-order valence-corrected chi connectivity index (χ4v) is 31.3. The summed E-state index contributed by atoms with van der Waals surface area (Å²) < 4.78 is 13.9. The van der Waals surface area contributed by atoms with E-state index in [1.54, 1.807) is 303 Å². The number of nitrogens with zero attached hydrogens (tertiary/aromatic N) is 2. The lowest BCUT2D eigenvalue weighted by Crippen LogP contribution is -2.52. The molecule has 4 unspecified atom stereocenters. The molecule has 2 fully saturated rings. The van der Waals surface area contributed by atoms with Crippen molar-refractivity contribution in [3.05, 3.63) is 140 Å². The Labute approximate surface area is 500 Å². The van der Waals surface area contributed by atoms with Gasteiger partial charge >= 0.3 is 0 Å². The summed E-state index contributed by atoms with van der Waals surface area (Å²) in [4.78, 5) is 5.92. The van der Waals surface area contributed by atoms with Gasteiger partial charge in [0.05, 0.1) is 21.7 Å². The average molecular weight is 1120 g/mol. The van der Waals surface area contributed by atoms with E-state index < -0.39 is 10.8 Å². The summed E-state index contributed by atoms with van der Waals surface area (Å²) >= 11 is 0. The van der Waals surface area contributed by atoms with Crippen LogP contribution in [0.5, 0.6) is 11.5 Å². The molecule has 8 aliphatic heterocycles. The van der Waals surface area contributed by atoms with Crippen LogP contribution >= 0.6 is 0 Å². The second kappa shape index (κ2) is 9.06. The minimum atomic E-state index is -0.426. The molecule has 4 spiro atoms. The number of benzene rings is 19. The average Bonchev–Trinajstić information content (AvgIpc) is 1.37. The quantitative estimate of drug-likeness (QED) is 0.141. The van der Waals surface area contributed by atoms with E-state index in [4.69, 9.17) is 9.47 Å². The second-order valence-corrected chi connectivity index (χ2v) is 32.5. The highest BCUT2D eigenvalue weighted by molar-refractivity contribution is 6.78. The van der Waals surface area contributed by atoms with Crippen LogP contribution < -0.4 is 9.47 Å². The van der Waals surface area contributed by atoms with Crippen molar-refractivity contribution in [3.8, 4) is 11.5 Å². The maximum Gasteiger partial charge on any atom is 0.119 e. The minimum absolute atomic E-state index is 0.0596. The Kier molecular flexibility index (Phi) is 3.73. The van der Waals surface area contributed by atoms with Gasteiger partial charge < -0.3 is 9.47 Å². The van der Waals surface area contributed by atoms with Gasteiger partial charge in [-0.1, -0.05) is 48.5 Å². The summed E-state index contributed by atoms with van der Waals surface area (Å²) in [6.07, 6.45) is 0. The highest BCUT2D eigenvalue weighted by Gasteiger charge is 2.80. The van der Waals surface area contributed by atoms with Crippen molar-refractivity contribution in [2.75, 3.05) is 27.2 Å². The molecule has 16 aliphatic rings. The van der Waals surface area contributed by atoms with Gasteiger partial charge in [0.2, 0.25) is 0 Å². The summed E-state index contributed by atoms with van der Waals surface area (Å²) in [5, 5.41) is 80.0. The molecule has 0 radical (unpaired) electrons. The van der Waals surface area contributed by atoms with Crippen LogP contribution in [0.4, 0.5) is 0 Å². The third kappa shape index (κ3) is 2.23. The van der Waals surface area contributed by atoms with Crippen LogP contribution in [0.25, 0.3) is 259 Å². The fourth-order valence-electron chi connectivity index (χ4n) is 31.3. The molecule has 2 saturated heterocycles. The molecule has 0 aromatic heterocycles. The monoisotopic (exact) mass is 1120 g/mol. The molecule has 4 nitrogen and oxygen atoms in total. The van der Waals surface area contributed by atoms with Gasteiger partial charge in [-0.25, -0.2) is 0 Å².